The van der Waals surface area contributed by atoms with E-state index in [-0.39, 0.29) is 0 Å². The molecule has 0 spiro atoms. The molecule has 1 fully saturated rings. The lowest BCUT2D eigenvalue weighted by atomic mass is 10.1. The molecular weight excluding hydrogens is 198 g/mol. The van der Waals surface area contributed by atoms with Crippen LogP contribution in [0.25, 0.3) is 0 Å². The fraction of sp³-hybridized carbons (Fsp3) is 0.571. The fourth-order valence-corrected chi connectivity index (χ4v) is 2.50. The van der Waals surface area contributed by atoms with Crippen LogP contribution >= 0.6 is 0 Å². The average molecular weight is 219 g/mol. The highest BCUT2D eigenvalue weighted by Gasteiger charge is 2.25. The van der Waals surface area contributed by atoms with Crippen molar-refractivity contribution in [3.8, 4) is 0 Å². The van der Waals surface area contributed by atoms with Crippen LogP contribution in [-0.4, -0.2) is 35.7 Å². The van der Waals surface area contributed by atoms with E-state index in [1.165, 1.54) is 5.56 Å². The van der Waals surface area contributed by atoms with Gasteiger partial charge in [0.05, 0.1) is 0 Å². The second kappa shape index (κ2) is 5.46. The highest BCUT2D eigenvalue weighted by molar-refractivity contribution is 5.15. The standard InChI is InChI=1S/C14H21NO/c1-12(9-13-5-3-2-4-6-13)15-8-7-14(10-15)11-16/h2-6,12,14,16H,7-11H2,1H3/t12-,14+/m1/s1. The summed E-state index contributed by atoms with van der Waals surface area (Å²) in [5.74, 6) is 0.498. The van der Waals surface area contributed by atoms with E-state index in [1.807, 2.05) is 0 Å². The summed E-state index contributed by atoms with van der Waals surface area (Å²) >= 11 is 0. The molecule has 16 heavy (non-hydrogen) atoms. The van der Waals surface area contributed by atoms with Gasteiger partial charge in [-0.15, -0.1) is 0 Å². The van der Waals surface area contributed by atoms with Crippen molar-refractivity contribution in [2.24, 2.45) is 5.92 Å². The molecule has 1 heterocycles. The van der Waals surface area contributed by atoms with E-state index in [1.54, 1.807) is 0 Å². The van der Waals surface area contributed by atoms with Gasteiger partial charge in [0.1, 0.15) is 0 Å². The van der Waals surface area contributed by atoms with Crippen LogP contribution in [0.3, 0.4) is 0 Å². The normalized spacial score (nSPS) is 23.5. The minimum absolute atomic E-state index is 0.342. The Morgan fingerprint density at radius 2 is 2.12 bits per heavy atom. The topological polar surface area (TPSA) is 23.5 Å². The lowest BCUT2D eigenvalue weighted by molar-refractivity contribution is 0.203. The number of benzene rings is 1. The average Bonchev–Trinajstić information content (AvgIpc) is 2.79. The summed E-state index contributed by atoms with van der Waals surface area (Å²) in [5.41, 5.74) is 1.41. The first-order chi connectivity index (χ1) is 7.79. The molecule has 0 unspecified atom stereocenters. The summed E-state index contributed by atoms with van der Waals surface area (Å²) in [6.07, 6.45) is 2.26. The third-order valence-electron chi connectivity index (χ3n) is 3.57. The zero-order chi connectivity index (χ0) is 11.4. The summed E-state index contributed by atoms with van der Waals surface area (Å²) in [6.45, 7) is 4.82. The Kier molecular flexibility index (Phi) is 3.97. The van der Waals surface area contributed by atoms with E-state index in [2.05, 4.69) is 42.2 Å². The maximum Gasteiger partial charge on any atom is 0.0471 e. The van der Waals surface area contributed by atoms with E-state index >= 15 is 0 Å². The Balaban J connectivity index is 1.87. The number of nitrogens with zero attached hydrogens (tertiary/aromatic N) is 1. The van der Waals surface area contributed by atoms with Crippen LogP contribution in [0.2, 0.25) is 0 Å². The predicted molar refractivity (Wildman–Crippen MR) is 66.4 cm³/mol. The van der Waals surface area contributed by atoms with Crippen LogP contribution < -0.4 is 0 Å². The van der Waals surface area contributed by atoms with Crippen LogP contribution in [-0.2, 0) is 6.42 Å². The SMILES string of the molecule is C[C@H](Cc1ccccc1)N1CC[C@H](CO)C1. The Hall–Kier alpha value is -0.860. The first kappa shape index (κ1) is 11.6. The van der Waals surface area contributed by atoms with Crippen LogP contribution in [0, 0.1) is 5.92 Å². The Morgan fingerprint density at radius 1 is 1.38 bits per heavy atom. The third kappa shape index (κ3) is 2.83. The highest BCUT2D eigenvalue weighted by Crippen LogP contribution is 2.19. The lowest BCUT2D eigenvalue weighted by Gasteiger charge is -2.24. The maximum absolute atomic E-state index is 9.13. The first-order valence-corrected chi connectivity index (χ1v) is 6.18. The van der Waals surface area contributed by atoms with E-state index in [4.69, 9.17) is 5.11 Å². The number of aliphatic hydroxyl groups is 1. The van der Waals surface area contributed by atoms with Gasteiger partial charge in [0.25, 0.3) is 0 Å². The molecule has 0 aliphatic carbocycles. The van der Waals surface area contributed by atoms with Crippen molar-refractivity contribution in [3.63, 3.8) is 0 Å². The second-order valence-electron chi connectivity index (χ2n) is 4.87. The number of hydrogen-bond donors (Lipinski definition) is 1. The van der Waals surface area contributed by atoms with Crippen molar-refractivity contribution in [1.82, 2.24) is 4.90 Å². The van der Waals surface area contributed by atoms with Crippen molar-refractivity contribution in [2.75, 3.05) is 19.7 Å². The van der Waals surface area contributed by atoms with Crippen molar-refractivity contribution in [1.29, 1.82) is 0 Å². The van der Waals surface area contributed by atoms with E-state index in [0.29, 0.717) is 18.6 Å². The van der Waals surface area contributed by atoms with Gasteiger partial charge in [-0.1, -0.05) is 30.3 Å². The lowest BCUT2D eigenvalue weighted by Crippen LogP contribution is -2.32. The van der Waals surface area contributed by atoms with Gasteiger partial charge in [-0.25, -0.2) is 0 Å². The van der Waals surface area contributed by atoms with Gasteiger partial charge in [-0.05, 0) is 37.8 Å². The van der Waals surface area contributed by atoms with Crippen LogP contribution in [0.5, 0.6) is 0 Å². The Bertz CT molecular complexity index is 312. The van der Waals surface area contributed by atoms with Crippen molar-refractivity contribution < 1.29 is 5.11 Å². The van der Waals surface area contributed by atoms with Crippen LogP contribution in [0.15, 0.2) is 30.3 Å². The predicted octanol–water partition coefficient (Wildman–Crippen LogP) is 1.93. The number of aliphatic hydroxyl groups excluding tert-OH is 1. The summed E-state index contributed by atoms with van der Waals surface area (Å²) < 4.78 is 0. The summed E-state index contributed by atoms with van der Waals surface area (Å²) in [5, 5.41) is 9.13. The minimum atomic E-state index is 0.342. The van der Waals surface area contributed by atoms with Crippen molar-refractivity contribution in [2.45, 2.75) is 25.8 Å². The van der Waals surface area contributed by atoms with Gasteiger partial charge in [-0.2, -0.15) is 0 Å². The van der Waals surface area contributed by atoms with Crippen LogP contribution in [0.1, 0.15) is 18.9 Å². The molecule has 1 aliphatic rings. The number of likely N-dealkylation sites (tertiary alicyclic amines) is 1. The van der Waals surface area contributed by atoms with Crippen molar-refractivity contribution >= 4 is 0 Å². The third-order valence-corrected chi connectivity index (χ3v) is 3.57. The molecule has 0 bridgehead atoms. The van der Waals surface area contributed by atoms with E-state index < -0.39 is 0 Å². The first-order valence-electron chi connectivity index (χ1n) is 6.18. The van der Waals surface area contributed by atoms with Crippen LogP contribution in [0.4, 0.5) is 0 Å². The van der Waals surface area contributed by atoms with Gasteiger partial charge in [0.15, 0.2) is 0 Å². The zero-order valence-corrected chi connectivity index (χ0v) is 9.97. The van der Waals surface area contributed by atoms with Gasteiger partial charge in [-0.3, -0.25) is 4.90 Å². The maximum atomic E-state index is 9.13. The van der Waals surface area contributed by atoms with E-state index in [0.717, 1.165) is 25.9 Å². The number of rotatable bonds is 4. The molecule has 1 aliphatic heterocycles. The molecule has 1 saturated heterocycles. The molecule has 2 nitrogen and oxygen atoms in total. The largest absolute Gasteiger partial charge is 0.396 e. The fourth-order valence-electron chi connectivity index (χ4n) is 2.50. The Morgan fingerprint density at radius 3 is 2.75 bits per heavy atom. The molecule has 88 valence electrons. The molecule has 0 amide bonds. The molecule has 0 aromatic heterocycles. The van der Waals surface area contributed by atoms with E-state index in [9.17, 15) is 0 Å². The molecular formula is C14H21NO. The van der Waals surface area contributed by atoms with Gasteiger partial charge < -0.3 is 5.11 Å². The van der Waals surface area contributed by atoms with Crippen molar-refractivity contribution in [3.05, 3.63) is 35.9 Å². The monoisotopic (exact) mass is 219 g/mol. The summed E-state index contributed by atoms with van der Waals surface area (Å²) in [6, 6.07) is 11.2. The smallest absolute Gasteiger partial charge is 0.0471 e. The van der Waals surface area contributed by atoms with Gasteiger partial charge in [0, 0.05) is 19.2 Å². The molecule has 0 radical (unpaired) electrons. The Labute approximate surface area is 97.9 Å². The summed E-state index contributed by atoms with van der Waals surface area (Å²) in [7, 11) is 0. The summed E-state index contributed by atoms with van der Waals surface area (Å²) in [4.78, 5) is 2.49. The molecule has 2 heteroatoms. The van der Waals surface area contributed by atoms with Gasteiger partial charge in [0.2, 0.25) is 0 Å². The molecule has 1 N–H and O–H groups in total. The molecule has 2 rings (SSSR count). The second-order valence-corrected chi connectivity index (χ2v) is 4.87. The molecule has 2 atom stereocenters. The molecule has 1 aromatic carbocycles. The quantitative estimate of drug-likeness (QED) is 0.836. The zero-order valence-electron chi connectivity index (χ0n) is 9.97. The number of hydrogen-bond acceptors (Lipinski definition) is 2. The van der Waals surface area contributed by atoms with Gasteiger partial charge >= 0.3 is 0 Å². The molecule has 0 saturated carbocycles. The highest BCUT2D eigenvalue weighted by atomic mass is 16.3. The molecule has 1 aromatic rings. The minimum Gasteiger partial charge on any atom is -0.396 e.